The Balaban J connectivity index is -0.0000000400. The fraction of sp³-hybridized carbons (Fsp3) is 0. The maximum atomic E-state index is 8.25. The van der Waals surface area contributed by atoms with Gasteiger partial charge in [-0.25, -0.2) is 0 Å². The van der Waals surface area contributed by atoms with E-state index in [0.717, 1.165) is 0 Å². The molecule has 7 heteroatoms. The van der Waals surface area contributed by atoms with Crippen LogP contribution in [-0.2, 0) is 9.41 Å². The summed E-state index contributed by atoms with van der Waals surface area (Å²) >= 11 is 0. The van der Waals surface area contributed by atoms with Gasteiger partial charge in [-0.2, -0.15) is 0 Å². The van der Waals surface area contributed by atoms with E-state index in [0.29, 0.717) is 0 Å². The molecule has 0 fully saturated rings. The molecule has 4 nitrogen and oxygen atoms in total. The van der Waals surface area contributed by atoms with Crippen LogP contribution in [0.15, 0.2) is 0 Å². The molecule has 0 atom stereocenters. The standard InChI is InChI=1S/2BO2.Mg/c2*2-1-3;/q2*-1;+2. The molecule has 0 spiro atoms. The summed E-state index contributed by atoms with van der Waals surface area (Å²) in [6.45, 7) is 0. The summed E-state index contributed by atoms with van der Waals surface area (Å²) in [5, 5.41) is 16.5. The number of rotatable bonds is 0. The first-order valence-corrected chi connectivity index (χ1v) is 0.943. The molecule has 0 aliphatic rings. The monoisotopic (exact) mass is 110 g/mol. The molecule has 0 bridgehead atoms. The molecule has 7 heavy (non-hydrogen) atoms. The van der Waals surface area contributed by atoms with Gasteiger partial charge in [0.25, 0.3) is 0 Å². The second kappa shape index (κ2) is 36.0. The zero-order chi connectivity index (χ0) is 5.41. The molecule has 0 amide bonds. The van der Waals surface area contributed by atoms with E-state index in [1.165, 1.54) is 0 Å². The Hall–Kier alpha value is 0.0961. The molecule has 0 aliphatic heterocycles. The van der Waals surface area contributed by atoms with Crippen LogP contribution in [0.5, 0.6) is 0 Å². The average Bonchev–Trinajstić information content (AvgIpc) is 1.39. The van der Waals surface area contributed by atoms with Gasteiger partial charge in [-0.1, -0.05) is 0 Å². The second-order valence-corrected chi connectivity index (χ2v) is 0.192. The molecule has 0 unspecified atom stereocenters. The van der Waals surface area contributed by atoms with E-state index in [1.54, 1.807) is 0 Å². The van der Waals surface area contributed by atoms with Gasteiger partial charge in [0.15, 0.2) is 0 Å². The second-order valence-electron chi connectivity index (χ2n) is 0.192. The molecule has 0 N–H and O–H groups in total. The Bertz CT molecular complexity index is 30.7. The molecule has 0 rings (SSSR count). The van der Waals surface area contributed by atoms with Gasteiger partial charge >= 0.3 is 57.2 Å². The van der Waals surface area contributed by atoms with Gasteiger partial charge in [0.1, 0.15) is 0 Å². The van der Waals surface area contributed by atoms with Crippen molar-refractivity contribution < 1.29 is 19.5 Å². The van der Waals surface area contributed by atoms with Crippen LogP contribution in [0.3, 0.4) is 0 Å². The predicted molar refractivity (Wildman–Crippen MR) is 18.6 cm³/mol. The molecule has 32 valence electrons. The number of hydrogen-bond acceptors (Lipinski definition) is 4. The van der Waals surface area contributed by atoms with E-state index < -0.39 is 14.7 Å². The Morgan fingerprint density at radius 1 is 1.00 bits per heavy atom. The van der Waals surface area contributed by atoms with Crippen LogP contribution in [0.25, 0.3) is 0 Å². The molecule has 0 saturated heterocycles. The van der Waals surface area contributed by atoms with Crippen molar-refractivity contribution in [2.75, 3.05) is 0 Å². The van der Waals surface area contributed by atoms with Gasteiger partial charge in [-0.05, 0) is 0 Å². The zero-order valence-corrected chi connectivity index (χ0v) is 4.91. The summed E-state index contributed by atoms with van der Waals surface area (Å²) in [4.78, 5) is 0. The first-order chi connectivity index (χ1) is 2.83. The van der Waals surface area contributed by atoms with E-state index in [9.17, 15) is 0 Å². The van der Waals surface area contributed by atoms with Gasteiger partial charge < -0.3 is 0 Å². The van der Waals surface area contributed by atoms with Gasteiger partial charge in [-0.15, -0.1) is 0 Å². The fourth-order valence-corrected chi connectivity index (χ4v) is 0. The maximum Gasteiger partial charge on any atom is 2.00 e. The molecule has 0 aromatic carbocycles. The number of hydrogen-bond donors (Lipinski definition) is 0. The SMILES string of the molecule is O=B[O-].O=B[O-].[Mg+2]. The van der Waals surface area contributed by atoms with Crippen LogP contribution >= 0.6 is 0 Å². The molecule has 0 aliphatic carbocycles. The smallest absolute Gasteiger partial charge is 2.00 e. The van der Waals surface area contributed by atoms with E-state index >= 15 is 0 Å². The van der Waals surface area contributed by atoms with Crippen molar-refractivity contribution >= 4 is 37.8 Å². The molecule has 0 radical (unpaired) electrons. The van der Waals surface area contributed by atoms with Gasteiger partial charge in [-0.3, -0.25) is 0 Å². The van der Waals surface area contributed by atoms with Gasteiger partial charge in [0, 0.05) is 0 Å². The summed E-state index contributed by atoms with van der Waals surface area (Å²) in [5.41, 5.74) is 0. The topological polar surface area (TPSA) is 80.3 Å². The summed E-state index contributed by atoms with van der Waals surface area (Å²) in [6, 6.07) is 0. The maximum absolute atomic E-state index is 8.25. The zero-order valence-electron chi connectivity index (χ0n) is 3.49. The minimum atomic E-state index is -0.500. The van der Waals surface area contributed by atoms with Crippen molar-refractivity contribution in [2.24, 2.45) is 0 Å². The summed E-state index contributed by atoms with van der Waals surface area (Å²) in [7, 11) is -1.00. The van der Waals surface area contributed by atoms with E-state index in [1.807, 2.05) is 0 Å². The summed E-state index contributed by atoms with van der Waals surface area (Å²) < 4.78 is 16.5. The Labute approximate surface area is 57.6 Å². The fourth-order valence-electron chi connectivity index (χ4n) is 0. The van der Waals surface area contributed by atoms with Crippen LogP contribution in [-0.4, -0.2) is 37.8 Å². The summed E-state index contributed by atoms with van der Waals surface area (Å²) in [5.74, 6) is 0. The van der Waals surface area contributed by atoms with E-state index in [-0.39, 0.29) is 23.1 Å². The van der Waals surface area contributed by atoms with Crippen molar-refractivity contribution in [3.05, 3.63) is 0 Å². The third-order valence-corrected chi connectivity index (χ3v) is 0. The predicted octanol–water partition coefficient (Wildman–Crippen LogP) is -3.76. The Morgan fingerprint density at radius 2 is 1.00 bits per heavy atom. The quantitative estimate of drug-likeness (QED) is 0.300. The largest absolute Gasteiger partial charge is 2.00 e. The van der Waals surface area contributed by atoms with Crippen molar-refractivity contribution in [1.29, 1.82) is 0 Å². The molecule has 0 aromatic rings. The molecular formula is B2MgO4. The summed E-state index contributed by atoms with van der Waals surface area (Å²) in [6.07, 6.45) is 0. The Morgan fingerprint density at radius 3 is 1.00 bits per heavy atom. The van der Waals surface area contributed by atoms with Gasteiger partial charge in [0.05, 0.1) is 0 Å². The van der Waals surface area contributed by atoms with Crippen LogP contribution in [0.1, 0.15) is 0 Å². The Kier molecular flexibility index (Phi) is 80.9. The minimum Gasteiger partial charge on any atom is 2.00 e. The molecule has 0 heterocycles. The van der Waals surface area contributed by atoms with Crippen molar-refractivity contribution in [3.8, 4) is 0 Å². The molecule has 0 saturated carbocycles. The molecular weight excluding hydrogens is 110 g/mol. The minimum absolute atomic E-state index is 0. The van der Waals surface area contributed by atoms with Crippen molar-refractivity contribution in [2.45, 2.75) is 0 Å². The third-order valence-electron chi connectivity index (χ3n) is 0. The normalized spacial score (nSPS) is 2.29. The van der Waals surface area contributed by atoms with Gasteiger partial charge in [0.2, 0.25) is 0 Å². The van der Waals surface area contributed by atoms with E-state index in [4.69, 9.17) is 19.5 Å². The van der Waals surface area contributed by atoms with Crippen LogP contribution in [0.2, 0.25) is 0 Å². The first-order valence-electron chi connectivity index (χ1n) is 0.943. The molecule has 0 aromatic heterocycles. The third kappa shape index (κ3) is 11100. The van der Waals surface area contributed by atoms with Crippen LogP contribution < -0.4 is 10.0 Å². The average molecular weight is 110 g/mol. The first kappa shape index (κ1) is 15.7. The van der Waals surface area contributed by atoms with Crippen molar-refractivity contribution in [1.82, 2.24) is 0 Å². The van der Waals surface area contributed by atoms with E-state index in [2.05, 4.69) is 0 Å². The van der Waals surface area contributed by atoms with Crippen LogP contribution in [0, 0.1) is 0 Å². The van der Waals surface area contributed by atoms with Crippen LogP contribution in [0.4, 0.5) is 0 Å². The van der Waals surface area contributed by atoms with Crippen molar-refractivity contribution in [3.63, 3.8) is 0 Å².